The van der Waals surface area contributed by atoms with E-state index in [1.54, 1.807) is 10.9 Å². The van der Waals surface area contributed by atoms with Gasteiger partial charge in [-0.2, -0.15) is 5.10 Å². The maximum absolute atomic E-state index is 14.2. The van der Waals surface area contributed by atoms with Gasteiger partial charge in [0.25, 0.3) is 0 Å². The van der Waals surface area contributed by atoms with Gasteiger partial charge in [-0.15, -0.1) is 0 Å². The molecule has 1 unspecified atom stereocenters. The van der Waals surface area contributed by atoms with Crippen LogP contribution in [0.15, 0.2) is 42.7 Å². The molecule has 0 amide bonds. The molecular weight excluding hydrogens is 245 g/mol. The molecule has 19 heavy (non-hydrogen) atoms. The molecule has 1 aromatic heterocycles. The SMILES string of the molecule is FC1(COc2cccc(-n3cccn3)c2)CCNC1. The Morgan fingerprint density at radius 2 is 2.37 bits per heavy atom. The van der Waals surface area contributed by atoms with Gasteiger partial charge in [-0.25, -0.2) is 9.07 Å². The summed E-state index contributed by atoms with van der Waals surface area (Å²) in [6, 6.07) is 9.36. The predicted octanol–water partition coefficient (Wildman–Crippen LogP) is 1.95. The van der Waals surface area contributed by atoms with Gasteiger partial charge in [0.2, 0.25) is 0 Å². The number of halogens is 1. The normalized spacial score (nSPS) is 22.6. The van der Waals surface area contributed by atoms with Crippen LogP contribution in [0.3, 0.4) is 0 Å². The van der Waals surface area contributed by atoms with Crippen molar-refractivity contribution in [2.75, 3.05) is 19.7 Å². The van der Waals surface area contributed by atoms with E-state index in [0.717, 1.165) is 5.69 Å². The lowest BCUT2D eigenvalue weighted by Crippen LogP contribution is -2.33. The van der Waals surface area contributed by atoms with Gasteiger partial charge in [0.05, 0.1) is 5.69 Å². The Balaban J connectivity index is 1.70. The minimum Gasteiger partial charge on any atom is -0.490 e. The van der Waals surface area contributed by atoms with Gasteiger partial charge in [-0.05, 0) is 31.2 Å². The third kappa shape index (κ3) is 2.76. The first-order valence-electron chi connectivity index (χ1n) is 6.38. The number of nitrogens with one attached hydrogen (secondary N) is 1. The zero-order valence-electron chi connectivity index (χ0n) is 10.6. The van der Waals surface area contributed by atoms with Crippen molar-refractivity contribution in [3.63, 3.8) is 0 Å². The third-order valence-corrected chi connectivity index (χ3v) is 3.28. The summed E-state index contributed by atoms with van der Waals surface area (Å²) >= 11 is 0. The summed E-state index contributed by atoms with van der Waals surface area (Å²) in [7, 11) is 0. The topological polar surface area (TPSA) is 39.1 Å². The number of hydrogen-bond acceptors (Lipinski definition) is 3. The van der Waals surface area contributed by atoms with E-state index in [0.29, 0.717) is 25.3 Å². The van der Waals surface area contributed by atoms with Crippen LogP contribution in [-0.2, 0) is 0 Å². The fourth-order valence-electron chi connectivity index (χ4n) is 2.19. The molecule has 1 N–H and O–H groups in total. The first kappa shape index (κ1) is 12.2. The highest BCUT2D eigenvalue weighted by molar-refractivity contribution is 5.38. The molecule has 0 radical (unpaired) electrons. The summed E-state index contributed by atoms with van der Waals surface area (Å²) in [4.78, 5) is 0. The fraction of sp³-hybridized carbons (Fsp3) is 0.357. The van der Waals surface area contributed by atoms with Crippen LogP contribution in [0.2, 0.25) is 0 Å². The first-order chi connectivity index (χ1) is 9.25. The van der Waals surface area contributed by atoms with Gasteiger partial charge in [0, 0.05) is 25.0 Å². The zero-order chi connectivity index (χ0) is 13.1. The minimum atomic E-state index is -1.25. The van der Waals surface area contributed by atoms with Gasteiger partial charge >= 0.3 is 0 Å². The summed E-state index contributed by atoms with van der Waals surface area (Å²) in [6.45, 7) is 1.17. The Labute approximate surface area is 111 Å². The van der Waals surface area contributed by atoms with Crippen LogP contribution in [0, 0.1) is 0 Å². The maximum atomic E-state index is 14.2. The van der Waals surface area contributed by atoms with E-state index in [2.05, 4.69) is 10.4 Å². The van der Waals surface area contributed by atoms with E-state index in [1.807, 2.05) is 36.5 Å². The zero-order valence-corrected chi connectivity index (χ0v) is 10.6. The summed E-state index contributed by atoms with van der Waals surface area (Å²) in [6.07, 6.45) is 4.08. The number of benzene rings is 1. The average molecular weight is 261 g/mol. The summed E-state index contributed by atoms with van der Waals surface area (Å²) in [5.74, 6) is 0.664. The van der Waals surface area contributed by atoms with Crippen molar-refractivity contribution >= 4 is 0 Å². The molecule has 1 aliphatic heterocycles. The average Bonchev–Trinajstić information content (AvgIpc) is 3.09. The Morgan fingerprint density at radius 1 is 1.42 bits per heavy atom. The number of nitrogens with zero attached hydrogens (tertiary/aromatic N) is 2. The second-order valence-corrected chi connectivity index (χ2v) is 4.81. The monoisotopic (exact) mass is 261 g/mol. The molecule has 0 spiro atoms. The minimum absolute atomic E-state index is 0.0859. The standard InChI is InChI=1S/C14H16FN3O/c15-14(5-7-16-10-14)11-19-13-4-1-3-12(9-13)18-8-2-6-17-18/h1-4,6,8-9,16H,5,7,10-11H2. The van der Waals surface area contributed by atoms with Crippen molar-refractivity contribution in [2.24, 2.45) is 0 Å². The molecule has 1 aliphatic rings. The third-order valence-electron chi connectivity index (χ3n) is 3.28. The lowest BCUT2D eigenvalue weighted by molar-refractivity contribution is 0.103. The highest BCUT2D eigenvalue weighted by Crippen LogP contribution is 2.23. The van der Waals surface area contributed by atoms with Gasteiger partial charge in [-0.1, -0.05) is 6.07 Å². The molecule has 1 aromatic carbocycles. The summed E-state index contributed by atoms with van der Waals surface area (Å²) in [5, 5.41) is 7.17. The lowest BCUT2D eigenvalue weighted by Gasteiger charge is -2.18. The molecular formula is C14H16FN3O. The van der Waals surface area contributed by atoms with E-state index < -0.39 is 5.67 Å². The molecule has 1 saturated heterocycles. The van der Waals surface area contributed by atoms with Crippen LogP contribution >= 0.6 is 0 Å². The molecule has 100 valence electrons. The van der Waals surface area contributed by atoms with E-state index in [-0.39, 0.29) is 6.61 Å². The second-order valence-electron chi connectivity index (χ2n) is 4.81. The number of ether oxygens (including phenoxy) is 1. The lowest BCUT2D eigenvalue weighted by atomic mass is 10.1. The van der Waals surface area contributed by atoms with Crippen LogP contribution in [0.25, 0.3) is 5.69 Å². The van der Waals surface area contributed by atoms with Crippen LogP contribution in [-0.4, -0.2) is 35.1 Å². The summed E-state index contributed by atoms with van der Waals surface area (Å²) in [5.41, 5.74) is -0.346. The largest absolute Gasteiger partial charge is 0.490 e. The maximum Gasteiger partial charge on any atom is 0.158 e. The Bertz CT molecular complexity index is 535. The summed E-state index contributed by atoms with van der Waals surface area (Å²) < 4.78 is 21.5. The van der Waals surface area contributed by atoms with Crippen molar-refractivity contribution < 1.29 is 9.13 Å². The van der Waals surface area contributed by atoms with E-state index in [1.165, 1.54) is 0 Å². The van der Waals surface area contributed by atoms with Gasteiger partial charge in [0.15, 0.2) is 5.67 Å². The molecule has 2 aromatic rings. The number of aromatic nitrogens is 2. The van der Waals surface area contributed by atoms with Crippen molar-refractivity contribution in [3.8, 4) is 11.4 Å². The molecule has 1 atom stereocenters. The smallest absolute Gasteiger partial charge is 0.158 e. The predicted molar refractivity (Wildman–Crippen MR) is 70.4 cm³/mol. The Kier molecular flexibility index (Phi) is 3.21. The number of alkyl halides is 1. The molecule has 0 aliphatic carbocycles. The number of hydrogen-bond donors (Lipinski definition) is 1. The van der Waals surface area contributed by atoms with E-state index in [9.17, 15) is 4.39 Å². The van der Waals surface area contributed by atoms with E-state index in [4.69, 9.17) is 4.74 Å². The van der Waals surface area contributed by atoms with Gasteiger partial charge < -0.3 is 10.1 Å². The molecule has 4 nitrogen and oxygen atoms in total. The molecule has 1 fully saturated rings. The molecule has 0 bridgehead atoms. The van der Waals surface area contributed by atoms with Crippen LogP contribution in [0.4, 0.5) is 4.39 Å². The van der Waals surface area contributed by atoms with Crippen molar-refractivity contribution in [1.29, 1.82) is 0 Å². The van der Waals surface area contributed by atoms with Crippen LogP contribution < -0.4 is 10.1 Å². The molecule has 3 rings (SSSR count). The molecule has 2 heterocycles. The van der Waals surface area contributed by atoms with Crippen LogP contribution in [0.5, 0.6) is 5.75 Å². The van der Waals surface area contributed by atoms with Crippen molar-refractivity contribution in [3.05, 3.63) is 42.7 Å². The van der Waals surface area contributed by atoms with Gasteiger partial charge in [0.1, 0.15) is 12.4 Å². The van der Waals surface area contributed by atoms with Crippen molar-refractivity contribution in [1.82, 2.24) is 15.1 Å². The first-order valence-corrected chi connectivity index (χ1v) is 6.38. The molecule has 0 saturated carbocycles. The van der Waals surface area contributed by atoms with E-state index >= 15 is 0 Å². The molecule has 5 heteroatoms. The van der Waals surface area contributed by atoms with Crippen molar-refractivity contribution in [2.45, 2.75) is 12.1 Å². The quantitative estimate of drug-likeness (QED) is 0.914. The highest BCUT2D eigenvalue weighted by atomic mass is 19.1. The Hall–Kier alpha value is -1.88. The Morgan fingerprint density at radius 3 is 3.11 bits per heavy atom. The van der Waals surface area contributed by atoms with Gasteiger partial charge in [-0.3, -0.25) is 0 Å². The van der Waals surface area contributed by atoms with Crippen LogP contribution in [0.1, 0.15) is 6.42 Å². The second kappa shape index (κ2) is 5.01. The fourth-order valence-corrected chi connectivity index (χ4v) is 2.19. The number of rotatable bonds is 4. The highest BCUT2D eigenvalue weighted by Gasteiger charge is 2.34.